The Labute approximate surface area is 147 Å². The zero-order chi connectivity index (χ0) is 18.6. The largest absolute Gasteiger partial charge is 0.444 e. The van der Waals surface area contributed by atoms with Gasteiger partial charge in [0.2, 0.25) is 0 Å². The van der Waals surface area contributed by atoms with Crippen LogP contribution in [-0.2, 0) is 11.2 Å². The van der Waals surface area contributed by atoms with Gasteiger partial charge in [-0.15, -0.1) is 0 Å². The lowest BCUT2D eigenvalue weighted by molar-refractivity contribution is 0.0466. The number of nitrogens with one attached hydrogen (secondary N) is 2. The minimum absolute atomic E-state index is 0.113. The van der Waals surface area contributed by atoms with Gasteiger partial charge in [-0.3, -0.25) is 4.79 Å². The molecule has 2 rings (SSSR count). The Morgan fingerprint density at radius 1 is 1.40 bits per heavy atom. The van der Waals surface area contributed by atoms with Gasteiger partial charge in [-0.1, -0.05) is 0 Å². The van der Waals surface area contributed by atoms with Gasteiger partial charge in [0.05, 0.1) is 6.04 Å². The summed E-state index contributed by atoms with van der Waals surface area (Å²) in [7, 11) is 1.83. The highest BCUT2D eigenvalue weighted by molar-refractivity contribution is 5.97. The van der Waals surface area contributed by atoms with Crippen LogP contribution in [0, 0.1) is 0 Å². The van der Waals surface area contributed by atoms with E-state index >= 15 is 0 Å². The van der Waals surface area contributed by atoms with Crippen LogP contribution in [0.1, 0.15) is 36.7 Å². The summed E-state index contributed by atoms with van der Waals surface area (Å²) in [5.41, 5.74) is 1.90. The van der Waals surface area contributed by atoms with Gasteiger partial charge in [-0.05, 0) is 51.0 Å². The summed E-state index contributed by atoms with van der Waals surface area (Å²) < 4.78 is 18.5. The van der Waals surface area contributed by atoms with E-state index in [0.717, 1.165) is 11.3 Å². The zero-order valence-corrected chi connectivity index (χ0v) is 15.2. The SMILES string of the molecule is CNc1ccc2c(c1)CCN(C[C@@H](CF)NC(=O)OC(C)(C)C)C2=O. The number of fused-ring (bicyclic) bond motifs is 1. The summed E-state index contributed by atoms with van der Waals surface area (Å²) in [6.07, 6.45) is 0.0147. The second-order valence-electron chi connectivity index (χ2n) is 7.12. The third-order valence-electron chi connectivity index (χ3n) is 3.91. The molecule has 138 valence electrons. The van der Waals surface area contributed by atoms with E-state index in [2.05, 4.69) is 10.6 Å². The van der Waals surface area contributed by atoms with Crippen LogP contribution < -0.4 is 10.6 Å². The van der Waals surface area contributed by atoms with Crippen LogP contribution in [-0.4, -0.2) is 55.4 Å². The second-order valence-corrected chi connectivity index (χ2v) is 7.12. The van der Waals surface area contributed by atoms with Gasteiger partial charge in [0.15, 0.2) is 0 Å². The molecule has 6 nitrogen and oxygen atoms in total. The van der Waals surface area contributed by atoms with Gasteiger partial charge in [-0.25, -0.2) is 9.18 Å². The summed E-state index contributed by atoms with van der Waals surface area (Å²) in [6.45, 7) is 5.05. The lowest BCUT2D eigenvalue weighted by atomic mass is 9.98. The van der Waals surface area contributed by atoms with E-state index in [1.54, 1.807) is 31.7 Å². The number of rotatable bonds is 5. The Hall–Kier alpha value is -2.31. The Morgan fingerprint density at radius 2 is 2.12 bits per heavy atom. The standard InChI is InChI=1S/C18H26FN3O3/c1-18(2,3)25-17(24)21-14(10-19)11-22-8-7-12-9-13(20-4)5-6-15(12)16(22)23/h5-6,9,14,20H,7-8,10-11H2,1-4H3,(H,21,24)/t14-/m1/s1. The van der Waals surface area contributed by atoms with E-state index in [4.69, 9.17) is 4.74 Å². The van der Waals surface area contributed by atoms with E-state index in [9.17, 15) is 14.0 Å². The number of alkyl carbamates (subject to hydrolysis) is 1. The fourth-order valence-corrected chi connectivity index (χ4v) is 2.74. The van der Waals surface area contributed by atoms with Crippen LogP contribution in [0.2, 0.25) is 0 Å². The van der Waals surface area contributed by atoms with Crippen molar-refractivity contribution in [1.29, 1.82) is 0 Å². The molecule has 0 saturated carbocycles. The van der Waals surface area contributed by atoms with E-state index in [1.165, 1.54) is 0 Å². The van der Waals surface area contributed by atoms with E-state index in [0.29, 0.717) is 18.5 Å². The summed E-state index contributed by atoms with van der Waals surface area (Å²) in [4.78, 5) is 26.0. The van der Waals surface area contributed by atoms with Crippen LogP contribution in [0.4, 0.5) is 14.9 Å². The fourth-order valence-electron chi connectivity index (χ4n) is 2.74. The van der Waals surface area contributed by atoms with E-state index in [1.807, 2.05) is 19.2 Å². The topological polar surface area (TPSA) is 70.7 Å². The zero-order valence-electron chi connectivity index (χ0n) is 15.2. The molecular formula is C18H26FN3O3. The first-order chi connectivity index (χ1) is 11.7. The second kappa shape index (κ2) is 7.72. The van der Waals surface area contributed by atoms with Crippen molar-refractivity contribution in [2.24, 2.45) is 0 Å². The Balaban J connectivity index is 2.01. The molecule has 1 heterocycles. The highest BCUT2D eigenvalue weighted by Crippen LogP contribution is 2.22. The maximum absolute atomic E-state index is 13.3. The van der Waals surface area contributed by atoms with Crippen molar-refractivity contribution in [2.75, 3.05) is 32.1 Å². The van der Waals surface area contributed by atoms with Crippen LogP contribution in [0.15, 0.2) is 18.2 Å². The molecule has 1 aromatic carbocycles. The molecule has 2 amide bonds. The first kappa shape index (κ1) is 19.0. The lowest BCUT2D eigenvalue weighted by Crippen LogP contribution is -2.50. The van der Waals surface area contributed by atoms with Crippen molar-refractivity contribution in [3.63, 3.8) is 0 Å². The van der Waals surface area contributed by atoms with Crippen LogP contribution >= 0.6 is 0 Å². The highest BCUT2D eigenvalue weighted by Gasteiger charge is 2.28. The van der Waals surface area contributed by atoms with Crippen molar-refractivity contribution in [3.8, 4) is 0 Å². The minimum atomic E-state index is -0.795. The molecule has 0 aliphatic carbocycles. The number of benzene rings is 1. The molecule has 1 atom stereocenters. The number of carbonyl (C=O) groups excluding carboxylic acids is 2. The molecule has 1 aromatic rings. The number of carbonyl (C=O) groups is 2. The van der Waals surface area contributed by atoms with Gasteiger partial charge in [0, 0.05) is 31.4 Å². The molecule has 2 N–H and O–H groups in total. The fraction of sp³-hybridized carbons (Fsp3) is 0.556. The lowest BCUT2D eigenvalue weighted by Gasteiger charge is -2.32. The average Bonchev–Trinajstić information content (AvgIpc) is 2.54. The number of amides is 2. The van der Waals surface area contributed by atoms with Gasteiger partial charge in [0.25, 0.3) is 5.91 Å². The molecule has 0 aromatic heterocycles. The molecule has 1 aliphatic heterocycles. The smallest absolute Gasteiger partial charge is 0.408 e. The molecule has 7 heteroatoms. The Bertz CT molecular complexity index is 643. The number of hydrogen-bond acceptors (Lipinski definition) is 4. The Kier molecular flexibility index (Phi) is 5.87. The molecule has 0 spiro atoms. The number of hydrogen-bond donors (Lipinski definition) is 2. The van der Waals surface area contributed by atoms with E-state index < -0.39 is 24.4 Å². The van der Waals surface area contributed by atoms with Gasteiger partial charge >= 0.3 is 6.09 Å². The number of nitrogens with zero attached hydrogens (tertiary/aromatic N) is 1. The normalized spacial score (nSPS) is 15.4. The van der Waals surface area contributed by atoms with Gasteiger partial charge in [-0.2, -0.15) is 0 Å². The molecule has 0 saturated heterocycles. The van der Waals surface area contributed by atoms with Crippen LogP contribution in [0.3, 0.4) is 0 Å². The van der Waals surface area contributed by atoms with Crippen molar-refractivity contribution in [3.05, 3.63) is 29.3 Å². The van der Waals surface area contributed by atoms with Crippen molar-refractivity contribution >= 4 is 17.7 Å². The molecule has 0 radical (unpaired) electrons. The molecule has 25 heavy (non-hydrogen) atoms. The maximum Gasteiger partial charge on any atom is 0.408 e. The van der Waals surface area contributed by atoms with Gasteiger partial charge in [0.1, 0.15) is 12.3 Å². The minimum Gasteiger partial charge on any atom is -0.444 e. The summed E-state index contributed by atoms with van der Waals surface area (Å²) >= 11 is 0. The first-order valence-electron chi connectivity index (χ1n) is 8.39. The number of ether oxygens (including phenoxy) is 1. The monoisotopic (exact) mass is 351 g/mol. The Morgan fingerprint density at radius 3 is 2.72 bits per heavy atom. The maximum atomic E-state index is 13.3. The number of alkyl halides is 1. The number of anilines is 1. The van der Waals surface area contributed by atoms with Crippen molar-refractivity contribution in [2.45, 2.75) is 38.8 Å². The van der Waals surface area contributed by atoms with Crippen LogP contribution in [0.25, 0.3) is 0 Å². The quantitative estimate of drug-likeness (QED) is 0.855. The molecule has 1 aliphatic rings. The highest BCUT2D eigenvalue weighted by atomic mass is 19.1. The predicted molar refractivity (Wildman–Crippen MR) is 94.7 cm³/mol. The first-order valence-corrected chi connectivity index (χ1v) is 8.39. The number of halogens is 1. The van der Waals surface area contributed by atoms with Crippen LogP contribution in [0.5, 0.6) is 0 Å². The third-order valence-corrected chi connectivity index (χ3v) is 3.91. The van der Waals surface area contributed by atoms with Crippen molar-refractivity contribution < 1.29 is 18.7 Å². The van der Waals surface area contributed by atoms with Crippen molar-refractivity contribution in [1.82, 2.24) is 10.2 Å². The summed E-state index contributed by atoms with van der Waals surface area (Å²) in [5.74, 6) is -0.145. The third kappa shape index (κ3) is 5.08. The summed E-state index contributed by atoms with van der Waals surface area (Å²) in [6, 6.07) is 4.78. The van der Waals surface area contributed by atoms with E-state index in [-0.39, 0.29) is 12.5 Å². The van der Waals surface area contributed by atoms with Gasteiger partial charge < -0.3 is 20.3 Å². The molecular weight excluding hydrogens is 325 g/mol. The molecule has 0 fully saturated rings. The molecule has 0 unspecified atom stereocenters. The molecule has 0 bridgehead atoms. The predicted octanol–water partition coefficient (Wildman–Crippen LogP) is 2.59. The average molecular weight is 351 g/mol. The summed E-state index contributed by atoms with van der Waals surface area (Å²) in [5, 5.41) is 5.54.